The highest BCUT2D eigenvalue weighted by Crippen LogP contribution is 2.22. The maximum atomic E-state index is 11.4. The first-order chi connectivity index (χ1) is 7.01. The lowest BCUT2D eigenvalue weighted by molar-refractivity contribution is 0.0988. The fourth-order valence-electron chi connectivity index (χ4n) is 1.43. The van der Waals surface area contributed by atoms with Gasteiger partial charge in [-0.15, -0.1) is 0 Å². The number of benzene rings is 1. The predicted octanol–water partition coefficient (Wildman–Crippen LogP) is 2.52. The summed E-state index contributed by atoms with van der Waals surface area (Å²) in [6.07, 6.45) is 0.555. The van der Waals surface area contributed by atoms with Crippen LogP contribution in [0, 0.1) is 0 Å². The first kappa shape index (κ1) is 11.9. The van der Waals surface area contributed by atoms with E-state index in [1.165, 1.54) is 5.56 Å². The fourth-order valence-corrected chi connectivity index (χ4v) is 1.43. The lowest BCUT2D eigenvalue weighted by Crippen LogP contribution is -2.28. The highest BCUT2D eigenvalue weighted by molar-refractivity contribution is 5.95. The molecular weight excluding hydrogens is 186 g/mol. The van der Waals surface area contributed by atoms with Gasteiger partial charge in [0.25, 0.3) is 0 Å². The average molecular weight is 205 g/mol. The fraction of sp³-hybridized carbons (Fsp3) is 0.462. The Labute approximate surface area is 91.5 Å². The van der Waals surface area contributed by atoms with Crippen molar-refractivity contribution in [3.63, 3.8) is 0 Å². The van der Waals surface area contributed by atoms with Crippen LogP contribution in [0.25, 0.3) is 0 Å². The van der Waals surface area contributed by atoms with Crippen molar-refractivity contribution in [3.8, 4) is 0 Å². The van der Waals surface area contributed by atoms with Crippen molar-refractivity contribution in [2.45, 2.75) is 32.6 Å². The molecule has 1 aromatic carbocycles. The summed E-state index contributed by atoms with van der Waals surface area (Å²) in [6.45, 7) is 6.68. The maximum Gasteiger partial charge on any atom is 0.162 e. The van der Waals surface area contributed by atoms with Crippen LogP contribution < -0.4 is 5.73 Å². The van der Waals surface area contributed by atoms with Gasteiger partial charge in [0.05, 0.1) is 0 Å². The molecule has 0 aliphatic heterocycles. The van der Waals surface area contributed by atoms with Gasteiger partial charge in [-0.25, -0.2) is 0 Å². The van der Waals surface area contributed by atoms with Crippen molar-refractivity contribution in [1.29, 1.82) is 0 Å². The molecule has 0 heterocycles. The van der Waals surface area contributed by atoms with Crippen LogP contribution in [0.5, 0.6) is 0 Å². The van der Waals surface area contributed by atoms with Gasteiger partial charge in [0.1, 0.15) is 0 Å². The van der Waals surface area contributed by atoms with Crippen LogP contribution in [0.2, 0.25) is 0 Å². The average Bonchev–Trinajstić information content (AvgIpc) is 2.28. The zero-order chi connectivity index (χ0) is 11.5. The molecule has 0 aromatic heterocycles. The molecular formula is C13H19NO. The van der Waals surface area contributed by atoms with Gasteiger partial charge in [0, 0.05) is 23.9 Å². The normalized spacial score (nSPS) is 11.5. The van der Waals surface area contributed by atoms with Crippen molar-refractivity contribution >= 4 is 5.78 Å². The summed E-state index contributed by atoms with van der Waals surface area (Å²) in [6, 6.07) is 7.77. The summed E-state index contributed by atoms with van der Waals surface area (Å²) < 4.78 is 0. The van der Waals surface area contributed by atoms with Gasteiger partial charge in [-0.05, 0) is 5.56 Å². The number of ketones is 1. The van der Waals surface area contributed by atoms with E-state index in [4.69, 9.17) is 5.73 Å². The summed E-state index contributed by atoms with van der Waals surface area (Å²) in [4.78, 5) is 11.4. The van der Waals surface area contributed by atoms with Crippen molar-refractivity contribution in [2.24, 2.45) is 5.73 Å². The lowest BCUT2D eigenvalue weighted by Gasteiger charge is -2.23. The van der Waals surface area contributed by atoms with Gasteiger partial charge in [-0.1, -0.05) is 45.0 Å². The molecule has 0 radical (unpaired) electrons. The summed E-state index contributed by atoms with van der Waals surface area (Å²) in [5, 5.41) is 0. The third-order valence-corrected chi connectivity index (χ3v) is 2.82. The Morgan fingerprint density at radius 1 is 1.27 bits per heavy atom. The van der Waals surface area contributed by atoms with E-state index in [0.717, 1.165) is 5.56 Å². The second-order valence-electron chi connectivity index (χ2n) is 4.44. The number of hydrogen-bond acceptors (Lipinski definition) is 2. The maximum absolute atomic E-state index is 11.4. The van der Waals surface area contributed by atoms with Crippen molar-refractivity contribution in [3.05, 3.63) is 35.4 Å². The molecule has 1 rings (SSSR count). The smallest absolute Gasteiger partial charge is 0.162 e. The SMILES string of the molecule is CCC(=O)c1ccc(C(C)(C)CN)cc1. The van der Waals surface area contributed by atoms with Gasteiger partial charge in [-0.3, -0.25) is 4.79 Å². The highest BCUT2D eigenvalue weighted by Gasteiger charge is 2.18. The van der Waals surface area contributed by atoms with Crippen molar-refractivity contribution in [1.82, 2.24) is 0 Å². The molecule has 0 saturated heterocycles. The predicted molar refractivity (Wildman–Crippen MR) is 63.1 cm³/mol. The van der Waals surface area contributed by atoms with Gasteiger partial charge >= 0.3 is 0 Å². The van der Waals surface area contributed by atoms with Gasteiger partial charge < -0.3 is 5.73 Å². The van der Waals surface area contributed by atoms with Gasteiger partial charge in [0.15, 0.2) is 5.78 Å². The van der Waals surface area contributed by atoms with E-state index in [-0.39, 0.29) is 11.2 Å². The molecule has 0 spiro atoms. The summed E-state index contributed by atoms with van der Waals surface area (Å²) in [5.41, 5.74) is 7.64. The quantitative estimate of drug-likeness (QED) is 0.767. The number of rotatable bonds is 4. The summed E-state index contributed by atoms with van der Waals surface area (Å²) in [5.74, 6) is 0.187. The largest absolute Gasteiger partial charge is 0.330 e. The van der Waals surface area contributed by atoms with Gasteiger partial charge in [0.2, 0.25) is 0 Å². The number of carbonyl (C=O) groups excluding carboxylic acids is 1. The van der Waals surface area contributed by atoms with E-state index in [1.54, 1.807) is 0 Å². The summed E-state index contributed by atoms with van der Waals surface area (Å²) in [7, 11) is 0. The summed E-state index contributed by atoms with van der Waals surface area (Å²) >= 11 is 0. The minimum absolute atomic E-state index is 0.0200. The molecule has 0 aliphatic carbocycles. The zero-order valence-electron chi connectivity index (χ0n) is 9.71. The molecule has 2 heteroatoms. The van der Waals surface area contributed by atoms with E-state index in [1.807, 2.05) is 31.2 Å². The number of Topliss-reactive ketones (excluding diaryl/α,β-unsaturated/α-hetero) is 1. The number of carbonyl (C=O) groups is 1. The molecule has 0 saturated carbocycles. The second-order valence-corrected chi connectivity index (χ2v) is 4.44. The number of hydrogen-bond donors (Lipinski definition) is 1. The first-order valence-electron chi connectivity index (χ1n) is 5.35. The second kappa shape index (κ2) is 4.58. The van der Waals surface area contributed by atoms with Crippen LogP contribution in [0.3, 0.4) is 0 Å². The molecule has 82 valence electrons. The topological polar surface area (TPSA) is 43.1 Å². The molecule has 1 aromatic rings. The first-order valence-corrected chi connectivity index (χ1v) is 5.35. The molecule has 0 atom stereocenters. The van der Waals surface area contributed by atoms with Crippen LogP contribution in [-0.2, 0) is 5.41 Å². The Morgan fingerprint density at radius 2 is 1.80 bits per heavy atom. The Hall–Kier alpha value is -1.15. The van der Waals surface area contributed by atoms with E-state index in [9.17, 15) is 4.79 Å². The zero-order valence-corrected chi connectivity index (χ0v) is 9.71. The molecule has 0 fully saturated rings. The standard InChI is InChI=1S/C13H19NO/c1-4-12(15)10-5-7-11(8-6-10)13(2,3)9-14/h5-8H,4,9,14H2,1-3H3. The van der Waals surface area contributed by atoms with Crippen molar-refractivity contribution < 1.29 is 4.79 Å². The monoisotopic (exact) mass is 205 g/mol. The van der Waals surface area contributed by atoms with Crippen molar-refractivity contribution in [2.75, 3.05) is 6.54 Å². The van der Waals surface area contributed by atoms with Crippen LogP contribution >= 0.6 is 0 Å². The molecule has 0 unspecified atom stereocenters. The molecule has 2 nitrogen and oxygen atoms in total. The molecule has 0 bridgehead atoms. The third-order valence-electron chi connectivity index (χ3n) is 2.82. The third kappa shape index (κ3) is 2.66. The van der Waals surface area contributed by atoms with E-state index < -0.39 is 0 Å². The number of nitrogens with two attached hydrogens (primary N) is 1. The molecule has 2 N–H and O–H groups in total. The van der Waals surface area contributed by atoms with Crippen LogP contribution in [0.4, 0.5) is 0 Å². The van der Waals surface area contributed by atoms with E-state index >= 15 is 0 Å². The Morgan fingerprint density at radius 3 is 2.20 bits per heavy atom. The van der Waals surface area contributed by atoms with E-state index in [2.05, 4.69) is 13.8 Å². The Balaban J connectivity index is 2.95. The van der Waals surface area contributed by atoms with Crippen LogP contribution in [0.15, 0.2) is 24.3 Å². The minimum atomic E-state index is -0.0200. The van der Waals surface area contributed by atoms with E-state index in [0.29, 0.717) is 13.0 Å². The lowest BCUT2D eigenvalue weighted by atomic mass is 9.84. The van der Waals surface area contributed by atoms with Crippen LogP contribution in [-0.4, -0.2) is 12.3 Å². The minimum Gasteiger partial charge on any atom is -0.330 e. The highest BCUT2D eigenvalue weighted by atomic mass is 16.1. The Bertz CT molecular complexity index is 338. The molecule has 15 heavy (non-hydrogen) atoms. The van der Waals surface area contributed by atoms with Crippen LogP contribution in [0.1, 0.15) is 43.1 Å². The van der Waals surface area contributed by atoms with Gasteiger partial charge in [-0.2, -0.15) is 0 Å². The molecule has 0 aliphatic rings. The molecule has 0 amide bonds. The Kier molecular flexibility index (Phi) is 3.64.